The average molecular weight is 221 g/mol. The highest BCUT2D eigenvalue weighted by atomic mass is 16.2. The third kappa shape index (κ3) is 3.65. The van der Waals surface area contributed by atoms with Crippen LogP contribution in [0.4, 0.5) is 0 Å². The van der Waals surface area contributed by atoms with Gasteiger partial charge in [-0.2, -0.15) is 0 Å². The molecule has 1 rings (SSSR count). The van der Waals surface area contributed by atoms with Crippen LogP contribution < -0.4 is 0 Å². The Bertz CT molecular complexity index is 301. The molecule has 3 heteroatoms. The van der Waals surface area contributed by atoms with E-state index in [2.05, 4.69) is 6.58 Å². The quantitative estimate of drug-likeness (QED) is 0.686. The lowest BCUT2D eigenvalue weighted by molar-refractivity contribution is -0.137. The molecule has 1 saturated carbocycles. The third-order valence-electron chi connectivity index (χ3n) is 3.00. The van der Waals surface area contributed by atoms with E-state index in [1.165, 1.54) is 32.4 Å². The molecule has 0 aromatic rings. The van der Waals surface area contributed by atoms with Crippen LogP contribution in [-0.4, -0.2) is 23.8 Å². The molecule has 0 aromatic carbocycles. The second kappa shape index (κ2) is 6.26. The summed E-state index contributed by atoms with van der Waals surface area (Å²) in [6.45, 7) is 3.35. The van der Waals surface area contributed by atoms with Crippen LogP contribution in [-0.2, 0) is 9.59 Å². The predicted octanol–water partition coefficient (Wildman–Crippen LogP) is 2.29. The van der Waals surface area contributed by atoms with Gasteiger partial charge in [-0.3, -0.25) is 14.5 Å². The fourth-order valence-corrected chi connectivity index (χ4v) is 1.90. The van der Waals surface area contributed by atoms with Gasteiger partial charge in [0.15, 0.2) is 0 Å². The van der Waals surface area contributed by atoms with E-state index in [-0.39, 0.29) is 11.8 Å². The Morgan fingerprint density at radius 2 is 1.81 bits per heavy atom. The number of rotatable bonds is 3. The van der Waals surface area contributed by atoms with Crippen molar-refractivity contribution in [2.24, 2.45) is 5.92 Å². The molecular weight excluding hydrogens is 202 g/mol. The molecule has 1 aliphatic rings. The van der Waals surface area contributed by atoms with E-state index in [4.69, 9.17) is 0 Å². The first kappa shape index (κ1) is 12.7. The Labute approximate surface area is 96.8 Å². The lowest BCUT2D eigenvalue weighted by Crippen LogP contribution is -2.30. The SMILES string of the molecule is C=CC(=O)N(C)C(=O)C=CC1CCCCC1. The van der Waals surface area contributed by atoms with E-state index in [1.54, 1.807) is 0 Å². The molecule has 1 fully saturated rings. The van der Waals surface area contributed by atoms with Gasteiger partial charge in [0.25, 0.3) is 11.8 Å². The van der Waals surface area contributed by atoms with Crippen LogP contribution in [0.3, 0.4) is 0 Å². The van der Waals surface area contributed by atoms with E-state index in [1.807, 2.05) is 6.08 Å². The smallest absolute Gasteiger partial charge is 0.252 e. The zero-order valence-corrected chi connectivity index (χ0v) is 9.82. The van der Waals surface area contributed by atoms with Crippen molar-refractivity contribution in [1.82, 2.24) is 4.90 Å². The molecule has 3 nitrogen and oxygen atoms in total. The number of likely N-dealkylation sites (N-methyl/N-ethyl adjacent to an activating group) is 1. The summed E-state index contributed by atoms with van der Waals surface area (Å²) < 4.78 is 0. The van der Waals surface area contributed by atoms with Gasteiger partial charge in [-0.1, -0.05) is 31.9 Å². The van der Waals surface area contributed by atoms with E-state index >= 15 is 0 Å². The molecule has 0 atom stereocenters. The number of imide groups is 1. The van der Waals surface area contributed by atoms with Gasteiger partial charge in [-0.05, 0) is 30.9 Å². The summed E-state index contributed by atoms with van der Waals surface area (Å²) in [6.07, 6.45) is 10.7. The summed E-state index contributed by atoms with van der Waals surface area (Å²) in [5, 5.41) is 0. The standard InChI is InChI=1S/C13H19NO2/c1-3-12(15)14(2)13(16)10-9-11-7-5-4-6-8-11/h3,9-11H,1,4-8H2,2H3. The van der Waals surface area contributed by atoms with Crippen molar-refractivity contribution in [3.05, 3.63) is 24.8 Å². The van der Waals surface area contributed by atoms with Crippen molar-refractivity contribution in [3.8, 4) is 0 Å². The largest absolute Gasteiger partial charge is 0.279 e. The second-order valence-electron chi connectivity index (χ2n) is 4.20. The fraction of sp³-hybridized carbons (Fsp3) is 0.538. The Morgan fingerprint density at radius 1 is 1.19 bits per heavy atom. The molecule has 0 saturated heterocycles. The molecule has 0 bridgehead atoms. The highest BCUT2D eigenvalue weighted by Gasteiger charge is 2.13. The first-order valence-electron chi connectivity index (χ1n) is 5.77. The molecule has 1 aliphatic carbocycles. The van der Waals surface area contributed by atoms with Gasteiger partial charge in [0.1, 0.15) is 0 Å². The molecule has 2 amide bonds. The van der Waals surface area contributed by atoms with Crippen LogP contribution in [0.25, 0.3) is 0 Å². The van der Waals surface area contributed by atoms with Crippen LogP contribution in [0.2, 0.25) is 0 Å². The first-order chi connectivity index (χ1) is 7.65. The average Bonchev–Trinajstić information content (AvgIpc) is 2.35. The van der Waals surface area contributed by atoms with Crippen LogP contribution in [0.1, 0.15) is 32.1 Å². The minimum Gasteiger partial charge on any atom is -0.279 e. The lowest BCUT2D eigenvalue weighted by Gasteiger charge is -2.18. The number of carbonyl (C=O) groups excluding carboxylic acids is 2. The van der Waals surface area contributed by atoms with Crippen molar-refractivity contribution >= 4 is 11.8 Å². The number of carbonyl (C=O) groups is 2. The van der Waals surface area contributed by atoms with Crippen molar-refractivity contribution in [2.75, 3.05) is 7.05 Å². The fourth-order valence-electron chi connectivity index (χ4n) is 1.90. The summed E-state index contributed by atoms with van der Waals surface area (Å²) in [7, 11) is 1.47. The van der Waals surface area contributed by atoms with Gasteiger partial charge >= 0.3 is 0 Å². The number of amides is 2. The van der Waals surface area contributed by atoms with E-state index in [0.717, 1.165) is 23.8 Å². The summed E-state index contributed by atoms with van der Waals surface area (Å²) in [5.74, 6) is -0.126. The molecule has 0 heterocycles. The molecule has 0 aromatic heterocycles. The number of nitrogens with zero attached hydrogens (tertiary/aromatic N) is 1. The highest BCUT2D eigenvalue weighted by Crippen LogP contribution is 2.24. The lowest BCUT2D eigenvalue weighted by atomic mass is 9.89. The monoisotopic (exact) mass is 221 g/mol. The van der Waals surface area contributed by atoms with Gasteiger partial charge in [0, 0.05) is 7.05 Å². The molecule has 16 heavy (non-hydrogen) atoms. The van der Waals surface area contributed by atoms with Gasteiger partial charge in [-0.15, -0.1) is 0 Å². The third-order valence-corrected chi connectivity index (χ3v) is 3.00. The molecule has 88 valence electrons. The zero-order valence-electron chi connectivity index (χ0n) is 9.82. The summed E-state index contributed by atoms with van der Waals surface area (Å²) in [5.41, 5.74) is 0. The van der Waals surface area contributed by atoms with Crippen LogP contribution in [0.5, 0.6) is 0 Å². The molecule has 0 unspecified atom stereocenters. The zero-order chi connectivity index (χ0) is 12.0. The van der Waals surface area contributed by atoms with E-state index in [0.29, 0.717) is 5.92 Å². The van der Waals surface area contributed by atoms with Crippen molar-refractivity contribution in [3.63, 3.8) is 0 Å². The van der Waals surface area contributed by atoms with Crippen LogP contribution in [0, 0.1) is 5.92 Å². The van der Waals surface area contributed by atoms with Crippen LogP contribution in [0.15, 0.2) is 24.8 Å². The number of hydrogen-bond donors (Lipinski definition) is 0. The van der Waals surface area contributed by atoms with Crippen LogP contribution >= 0.6 is 0 Å². The van der Waals surface area contributed by atoms with E-state index < -0.39 is 0 Å². The maximum absolute atomic E-state index is 11.6. The van der Waals surface area contributed by atoms with Gasteiger partial charge in [0.2, 0.25) is 0 Å². The Morgan fingerprint density at radius 3 is 2.38 bits per heavy atom. The Kier molecular flexibility index (Phi) is 4.96. The van der Waals surface area contributed by atoms with Gasteiger partial charge < -0.3 is 0 Å². The van der Waals surface area contributed by atoms with Crippen molar-refractivity contribution in [2.45, 2.75) is 32.1 Å². The maximum atomic E-state index is 11.6. The summed E-state index contributed by atoms with van der Waals surface area (Å²) in [6, 6.07) is 0. The molecule has 0 N–H and O–H groups in total. The van der Waals surface area contributed by atoms with Crippen molar-refractivity contribution < 1.29 is 9.59 Å². The second-order valence-corrected chi connectivity index (χ2v) is 4.20. The Hall–Kier alpha value is -1.38. The molecular formula is C13H19NO2. The topological polar surface area (TPSA) is 37.4 Å². The van der Waals surface area contributed by atoms with Gasteiger partial charge in [0.05, 0.1) is 0 Å². The van der Waals surface area contributed by atoms with E-state index in [9.17, 15) is 9.59 Å². The minimum absolute atomic E-state index is 0.268. The molecule has 0 spiro atoms. The number of allylic oxidation sites excluding steroid dienone is 1. The summed E-state index contributed by atoms with van der Waals surface area (Å²) >= 11 is 0. The molecule has 0 radical (unpaired) electrons. The Balaban J connectivity index is 2.46. The van der Waals surface area contributed by atoms with Crippen molar-refractivity contribution in [1.29, 1.82) is 0 Å². The highest BCUT2D eigenvalue weighted by molar-refractivity contribution is 6.04. The molecule has 0 aliphatic heterocycles. The summed E-state index contributed by atoms with van der Waals surface area (Å²) in [4.78, 5) is 23.8. The van der Waals surface area contributed by atoms with Gasteiger partial charge in [-0.25, -0.2) is 0 Å². The normalized spacial score (nSPS) is 17.3. The number of hydrogen-bond acceptors (Lipinski definition) is 2. The minimum atomic E-state index is -0.363. The predicted molar refractivity (Wildman–Crippen MR) is 63.7 cm³/mol. The maximum Gasteiger partial charge on any atom is 0.252 e. The first-order valence-corrected chi connectivity index (χ1v) is 5.77.